The molecular weight excluding hydrogens is 233 g/mol. The van der Waals surface area contributed by atoms with E-state index >= 15 is 0 Å². The van der Waals surface area contributed by atoms with Crippen LogP contribution in [-0.4, -0.2) is 6.04 Å². The molecule has 13 heavy (non-hydrogen) atoms. The Morgan fingerprint density at radius 2 is 2.23 bits per heavy atom. The topological polar surface area (TPSA) is 12.0 Å². The zero-order valence-corrected chi connectivity index (χ0v) is 8.77. The molecule has 0 spiro atoms. The average Bonchev–Trinajstić information content (AvgIpc) is 2.91. The van der Waals surface area contributed by atoms with Gasteiger partial charge >= 0.3 is 0 Å². The molecule has 1 fully saturated rings. The van der Waals surface area contributed by atoms with E-state index in [-0.39, 0.29) is 5.82 Å². The summed E-state index contributed by atoms with van der Waals surface area (Å²) < 4.78 is 13.4. The zero-order valence-electron chi connectivity index (χ0n) is 7.19. The van der Waals surface area contributed by atoms with Crippen LogP contribution in [0.1, 0.15) is 18.4 Å². The zero-order chi connectivity index (χ0) is 9.26. The molecular formula is C10H11BrFN. The van der Waals surface area contributed by atoms with Crippen LogP contribution in [0.25, 0.3) is 0 Å². The lowest BCUT2D eigenvalue weighted by Gasteiger charge is -2.03. The van der Waals surface area contributed by atoms with Gasteiger partial charge in [-0.2, -0.15) is 0 Å². The van der Waals surface area contributed by atoms with E-state index in [9.17, 15) is 4.39 Å². The lowest BCUT2D eigenvalue weighted by molar-refractivity contribution is 0.618. The summed E-state index contributed by atoms with van der Waals surface area (Å²) in [5, 5.41) is 3.38. The van der Waals surface area contributed by atoms with Crippen molar-refractivity contribution in [2.24, 2.45) is 0 Å². The van der Waals surface area contributed by atoms with Crippen LogP contribution in [0.15, 0.2) is 22.7 Å². The summed E-state index contributed by atoms with van der Waals surface area (Å²) >= 11 is 3.17. The molecule has 1 aromatic rings. The second kappa shape index (κ2) is 3.76. The molecule has 2 rings (SSSR count). The molecule has 0 unspecified atom stereocenters. The molecule has 0 saturated heterocycles. The van der Waals surface area contributed by atoms with Crippen molar-refractivity contribution < 1.29 is 4.39 Å². The number of nitrogens with one attached hydrogen (secondary N) is 1. The van der Waals surface area contributed by atoms with Crippen molar-refractivity contribution in [3.05, 3.63) is 34.1 Å². The van der Waals surface area contributed by atoms with Gasteiger partial charge in [-0.3, -0.25) is 0 Å². The largest absolute Gasteiger partial charge is 0.310 e. The summed E-state index contributed by atoms with van der Waals surface area (Å²) in [6.07, 6.45) is 2.56. The second-order valence-electron chi connectivity index (χ2n) is 3.40. The van der Waals surface area contributed by atoms with Gasteiger partial charge < -0.3 is 5.32 Å². The van der Waals surface area contributed by atoms with Gasteiger partial charge in [-0.25, -0.2) is 4.39 Å². The normalized spacial score (nSPS) is 16.2. The Labute approximate surface area is 85.5 Å². The maximum Gasteiger partial charge on any atom is 0.137 e. The first kappa shape index (κ1) is 9.16. The van der Waals surface area contributed by atoms with Crippen LogP contribution in [0.3, 0.4) is 0 Å². The molecule has 3 heteroatoms. The molecule has 1 aliphatic rings. The van der Waals surface area contributed by atoms with Crippen LogP contribution in [-0.2, 0) is 6.54 Å². The van der Waals surface area contributed by atoms with E-state index in [1.165, 1.54) is 18.9 Å². The highest BCUT2D eigenvalue weighted by Gasteiger charge is 2.19. The van der Waals surface area contributed by atoms with Crippen molar-refractivity contribution in [2.75, 3.05) is 0 Å². The van der Waals surface area contributed by atoms with Crippen molar-refractivity contribution in [1.29, 1.82) is 0 Å². The van der Waals surface area contributed by atoms with Crippen LogP contribution in [0, 0.1) is 5.82 Å². The molecule has 0 aromatic heterocycles. The van der Waals surface area contributed by atoms with E-state index < -0.39 is 0 Å². The molecule has 70 valence electrons. The Morgan fingerprint density at radius 3 is 2.85 bits per heavy atom. The van der Waals surface area contributed by atoms with Crippen molar-refractivity contribution >= 4 is 15.9 Å². The molecule has 0 bridgehead atoms. The quantitative estimate of drug-likeness (QED) is 0.862. The summed E-state index contributed by atoms with van der Waals surface area (Å²) in [6, 6.07) is 5.83. The third-order valence-corrected chi connectivity index (χ3v) is 2.76. The highest BCUT2D eigenvalue weighted by Crippen LogP contribution is 2.21. The Bertz CT molecular complexity index is 310. The minimum atomic E-state index is -0.199. The van der Waals surface area contributed by atoms with Gasteiger partial charge in [0.25, 0.3) is 0 Å². The van der Waals surface area contributed by atoms with E-state index in [2.05, 4.69) is 21.2 Å². The third-order valence-electron chi connectivity index (χ3n) is 2.16. The number of halogens is 2. The summed E-state index contributed by atoms with van der Waals surface area (Å²) in [5.74, 6) is -0.199. The molecule has 1 aliphatic carbocycles. The van der Waals surface area contributed by atoms with Gasteiger partial charge in [0.15, 0.2) is 0 Å². The molecule has 0 heterocycles. The molecule has 1 aromatic carbocycles. The van der Waals surface area contributed by atoms with Gasteiger partial charge in [0.2, 0.25) is 0 Å². The van der Waals surface area contributed by atoms with Gasteiger partial charge in [0, 0.05) is 12.6 Å². The summed E-state index contributed by atoms with van der Waals surface area (Å²) in [5.41, 5.74) is 1.13. The fraction of sp³-hybridized carbons (Fsp3) is 0.400. The van der Waals surface area contributed by atoms with Crippen LogP contribution in [0.4, 0.5) is 4.39 Å². The van der Waals surface area contributed by atoms with E-state index in [4.69, 9.17) is 0 Å². The van der Waals surface area contributed by atoms with Crippen LogP contribution in [0.2, 0.25) is 0 Å². The molecule has 0 radical (unpaired) electrons. The average molecular weight is 244 g/mol. The number of rotatable bonds is 3. The first-order chi connectivity index (χ1) is 6.25. The van der Waals surface area contributed by atoms with Gasteiger partial charge in [0.05, 0.1) is 4.47 Å². The minimum Gasteiger partial charge on any atom is -0.310 e. The predicted octanol–water partition coefficient (Wildman–Crippen LogP) is 2.84. The Hall–Kier alpha value is -0.410. The van der Waals surface area contributed by atoms with E-state index in [0.717, 1.165) is 12.1 Å². The fourth-order valence-electron chi connectivity index (χ4n) is 1.20. The lowest BCUT2D eigenvalue weighted by atomic mass is 10.2. The number of benzene rings is 1. The first-order valence-electron chi connectivity index (χ1n) is 4.43. The maximum atomic E-state index is 12.8. The van der Waals surface area contributed by atoms with Crippen molar-refractivity contribution in [2.45, 2.75) is 25.4 Å². The van der Waals surface area contributed by atoms with Gasteiger partial charge in [-0.1, -0.05) is 6.07 Å². The molecule has 0 aliphatic heterocycles. The lowest BCUT2D eigenvalue weighted by Crippen LogP contribution is -2.15. The maximum absolute atomic E-state index is 12.8. The SMILES string of the molecule is Fc1ccc(CNC2CC2)cc1Br. The van der Waals surface area contributed by atoms with E-state index in [1.807, 2.05) is 12.1 Å². The van der Waals surface area contributed by atoms with Gasteiger partial charge in [0.1, 0.15) is 5.82 Å². The van der Waals surface area contributed by atoms with Gasteiger partial charge in [-0.15, -0.1) is 0 Å². The predicted molar refractivity (Wildman–Crippen MR) is 54.0 cm³/mol. The molecule has 1 saturated carbocycles. The highest BCUT2D eigenvalue weighted by molar-refractivity contribution is 9.10. The van der Waals surface area contributed by atoms with Crippen LogP contribution >= 0.6 is 15.9 Å². The first-order valence-corrected chi connectivity index (χ1v) is 5.22. The summed E-state index contributed by atoms with van der Waals surface area (Å²) in [4.78, 5) is 0. The Kier molecular flexibility index (Phi) is 2.65. The Morgan fingerprint density at radius 1 is 1.46 bits per heavy atom. The number of hydrogen-bond acceptors (Lipinski definition) is 1. The molecule has 1 nitrogen and oxygen atoms in total. The molecule has 0 atom stereocenters. The summed E-state index contributed by atoms with van der Waals surface area (Å²) in [6.45, 7) is 0.837. The van der Waals surface area contributed by atoms with Crippen molar-refractivity contribution in [3.63, 3.8) is 0 Å². The third kappa shape index (κ3) is 2.51. The fourth-order valence-corrected chi connectivity index (χ4v) is 1.63. The second-order valence-corrected chi connectivity index (χ2v) is 4.26. The smallest absolute Gasteiger partial charge is 0.137 e. The van der Waals surface area contributed by atoms with Crippen LogP contribution < -0.4 is 5.32 Å². The van der Waals surface area contributed by atoms with E-state index in [1.54, 1.807) is 0 Å². The molecule has 0 amide bonds. The monoisotopic (exact) mass is 243 g/mol. The minimum absolute atomic E-state index is 0.199. The van der Waals surface area contributed by atoms with Crippen molar-refractivity contribution in [3.8, 4) is 0 Å². The molecule has 1 N–H and O–H groups in total. The standard InChI is InChI=1S/C10H11BrFN/c11-9-5-7(1-4-10(9)12)6-13-8-2-3-8/h1,4-5,8,13H,2-3,6H2. The van der Waals surface area contributed by atoms with Crippen molar-refractivity contribution in [1.82, 2.24) is 5.32 Å². The summed E-state index contributed by atoms with van der Waals surface area (Å²) in [7, 11) is 0. The van der Waals surface area contributed by atoms with E-state index in [0.29, 0.717) is 10.5 Å². The highest BCUT2D eigenvalue weighted by atomic mass is 79.9. The van der Waals surface area contributed by atoms with Gasteiger partial charge in [-0.05, 0) is 46.5 Å². The number of hydrogen-bond donors (Lipinski definition) is 1. The Balaban J connectivity index is 1.98. The van der Waals surface area contributed by atoms with Crippen LogP contribution in [0.5, 0.6) is 0 Å².